The number of anilines is 2. The number of fused-ring (bicyclic) bond motifs is 1. The number of benzene rings is 1. The van der Waals surface area contributed by atoms with E-state index in [0.29, 0.717) is 49.7 Å². The van der Waals surface area contributed by atoms with E-state index < -0.39 is 16.0 Å². The molecule has 3 heterocycles. The monoisotopic (exact) mass is 530 g/mol. The zero-order valence-corrected chi connectivity index (χ0v) is 21.8. The van der Waals surface area contributed by atoms with Crippen molar-refractivity contribution in [3.63, 3.8) is 0 Å². The molecule has 1 amide bonds. The third-order valence-electron chi connectivity index (χ3n) is 5.69. The van der Waals surface area contributed by atoms with Gasteiger partial charge in [-0.25, -0.2) is 23.0 Å². The van der Waals surface area contributed by atoms with Crippen LogP contribution in [0, 0.1) is 5.92 Å². The van der Waals surface area contributed by atoms with Crippen LogP contribution in [0.15, 0.2) is 51.9 Å². The molecule has 0 atom stereocenters. The van der Waals surface area contributed by atoms with E-state index in [-0.39, 0.29) is 34.9 Å². The number of pyridine rings is 1. The van der Waals surface area contributed by atoms with Crippen LogP contribution in [0.1, 0.15) is 31.3 Å². The molecule has 37 heavy (non-hydrogen) atoms. The number of sulfonamides is 1. The highest BCUT2D eigenvalue weighted by Gasteiger charge is 2.26. The molecule has 0 aliphatic carbocycles. The van der Waals surface area contributed by atoms with Gasteiger partial charge in [-0.3, -0.25) is 4.72 Å². The van der Waals surface area contributed by atoms with Gasteiger partial charge >= 0.3 is 12.1 Å². The molecule has 1 aliphatic rings. The van der Waals surface area contributed by atoms with Gasteiger partial charge in [-0.1, -0.05) is 13.8 Å². The van der Waals surface area contributed by atoms with E-state index in [1.54, 1.807) is 36.2 Å². The van der Waals surface area contributed by atoms with Crippen molar-refractivity contribution in [3.8, 4) is 0 Å². The number of carbonyl (C=O) groups excluding carboxylic acids is 2. The number of nitrogens with one attached hydrogen (secondary N) is 1. The first-order chi connectivity index (χ1) is 17.7. The average Bonchev–Trinajstić information content (AvgIpc) is 3.31. The molecule has 1 saturated heterocycles. The first kappa shape index (κ1) is 26.3. The number of furan rings is 1. The molecule has 1 fully saturated rings. The van der Waals surface area contributed by atoms with Crippen LogP contribution in [-0.4, -0.2) is 69.8 Å². The molecule has 3 aromatic rings. The summed E-state index contributed by atoms with van der Waals surface area (Å²) in [5.41, 5.74) is 0.558. The first-order valence-electron chi connectivity index (χ1n) is 12.0. The third kappa shape index (κ3) is 6.13. The van der Waals surface area contributed by atoms with Crippen molar-refractivity contribution >= 4 is 44.6 Å². The van der Waals surface area contributed by atoms with Gasteiger partial charge < -0.3 is 23.7 Å². The maximum absolute atomic E-state index is 13.2. The van der Waals surface area contributed by atoms with Crippen LogP contribution in [0.5, 0.6) is 0 Å². The maximum atomic E-state index is 13.2. The largest absolute Gasteiger partial charge is 0.460 e. The number of rotatable bonds is 8. The van der Waals surface area contributed by atoms with Gasteiger partial charge in [0.05, 0.1) is 23.8 Å². The van der Waals surface area contributed by atoms with E-state index in [9.17, 15) is 18.0 Å². The van der Waals surface area contributed by atoms with Gasteiger partial charge in [-0.15, -0.1) is 0 Å². The zero-order valence-electron chi connectivity index (χ0n) is 21.0. The van der Waals surface area contributed by atoms with Gasteiger partial charge in [0.1, 0.15) is 5.58 Å². The van der Waals surface area contributed by atoms with Crippen LogP contribution in [0.2, 0.25) is 0 Å². The Bertz CT molecular complexity index is 1380. The minimum Gasteiger partial charge on any atom is -0.460 e. The Morgan fingerprint density at radius 1 is 1.11 bits per heavy atom. The summed E-state index contributed by atoms with van der Waals surface area (Å²) in [7, 11) is -4.00. The fourth-order valence-electron chi connectivity index (χ4n) is 3.84. The van der Waals surface area contributed by atoms with E-state index in [0.717, 1.165) is 0 Å². The maximum Gasteiger partial charge on any atom is 0.409 e. The van der Waals surface area contributed by atoms with Crippen LogP contribution in [0.4, 0.5) is 16.3 Å². The fourth-order valence-corrected chi connectivity index (χ4v) is 4.92. The number of ether oxygens (including phenoxy) is 2. The van der Waals surface area contributed by atoms with Gasteiger partial charge in [0.25, 0.3) is 10.0 Å². The molecule has 1 N–H and O–H groups in total. The second-order valence-electron chi connectivity index (χ2n) is 8.96. The van der Waals surface area contributed by atoms with Crippen molar-refractivity contribution < 1.29 is 31.9 Å². The van der Waals surface area contributed by atoms with E-state index in [2.05, 4.69) is 9.71 Å². The van der Waals surface area contributed by atoms with Gasteiger partial charge in [0.15, 0.2) is 5.82 Å². The van der Waals surface area contributed by atoms with Crippen molar-refractivity contribution in [2.75, 3.05) is 49.0 Å². The molecular formula is C25H30N4O7S. The second kappa shape index (κ2) is 11.1. The van der Waals surface area contributed by atoms with Crippen molar-refractivity contribution in [1.29, 1.82) is 0 Å². The molecule has 4 rings (SSSR count). The van der Waals surface area contributed by atoms with Gasteiger partial charge in [0.2, 0.25) is 5.76 Å². The van der Waals surface area contributed by atoms with E-state index >= 15 is 0 Å². The van der Waals surface area contributed by atoms with Crippen molar-refractivity contribution in [2.45, 2.75) is 25.7 Å². The van der Waals surface area contributed by atoms with Crippen LogP contribution >= 0.6 is 0 Å². The topological polar surface area (TPSA) is 131 Å². The molecule has 2 aromatic heterocycles. The number of carbonyl (C=O) groups is 2. The minimum absolute atomic E-state index is 0.00105. The normalized spacial score (nSPS) is 14.2. The fraction of sp³-hybridized carbons (Fsp3) is 0.400. The molecular weight excluding hydrogens is 500 g/mol. The number of nitrogens with zero attached hydrogens (tertiary/aromatic N) is 3. The molecule has 0 bridgehead atoms. The van der Waals surface area contributed by atoms with E-state index in [1.807, 2.05) is 18.7 Å². The molecule has 0 spiro atoms. The lowest BCUT2D eigenvalue weighted by molar-refractivity contribution is 0.0492. The summed E-state index contributed by atoms with van der Waals surface area (Å²) in [6.07, 6.45) is 1.23. The van der Waals surface area contributed by atoms with Crippen molar-refractivity contribution in [1.82, 2.24) is 9.88 Å². The standard InChI is InChI=1S/C25H30N4O7S/c1-4-34-24(30)22-14-18-7-8-19(15-21(18)36-22)37(32,33)27-20-6-5-9-26-23(20)28-10-12-29(13-11-28)25(31)35-16-17(2)3/h5-9,14-15,17,27H,4,10-13,16H2,1-3H3. The van der Waals surface area contributed by atoms with Crippen LogP contribution in [0.3, 0.4) is 0 Å². The van der Waals surface area contributed by atoms with Crippen molar-refractivity contribution in [2.24, 2.45) is 5.92 Å². The summed E-state index contributed by atoms with van der Waals surface area (Å²) in [6.45, 7) is 7.99. The predicted molar refractivity (Wildman–Crippen MR) is 137 cm³/mol. The Morgan fingerprint density at radius 3 is 2.57 bits per heavy atom. The van der Waals surface area contributed by atoms with E-state index in [4.69, 9.17) is 13.9 Å². The van der Waals surface area contributed by atoms with Gasteiger partial charge in [0, 0.05) is 43.8 Å². The number of aromatic nitrogens is 1. The smallest absolute Gasteiger partial charge is 0.409 e. The SMILES string of the molecule is CCOC(=O)c1cc2ccc(S(=O)(=O)Nc3cccnc3N3CCN(C(=O)OCC(C)C)CC3)cc2o1. The number of amides is 1. The molecule has 0 saturated carbocycles. The number of hydrogen-bond acceptors (Lipinski definition) is 9. The van der Waals surface area contributed by atoms with Crippen LogP contribution in [-0.2, 0) is 19.5 Å². The Balaban J connectivity index is 1.48. The number of hydrogen-bond donors (Lipinski definition) is 1. The molecule has 1 aromatic carbocycles. The summed E-state index contributed by atoms with van der Waals surface area (Å²) in [5.74, 6) is 0.100. The minimum atomic E-state index is -4.00. The Kier molecular flexibility index (Phi) is 7.86. The van der Waals surface area contributed by atoms with E-state index in [1.165, 1.54) is 18.2 Å². The Morgan fingerprint density at radius 2 is 1.86 bits per heavy atom. The Labute approximate surface area is 215 Å². The highest BCUT2D eigenvalue weighted by Crippen LogP contribution is 2.29. The zero-order chi connectivity index (χ0) is 26.6. The quantitative estimate of drug-likeness (QED) is 0.433. The molecule has 1 aliphatic heterocycles. The second-order valence-corrected chi connectivity index (χ2v) is 10.6. The van der Waals surface area contributed by atoms with Gasteiger partial charge in [-0.05, 0) is 43.2 Å². The molecule has 11 nitrogen and oxygen atoms in total. The molecule has 12 heteroatoms. The van der Waals surface area contributed by atoms with Crippen molar-refractivity contribution in [3.05, 3.63) is 48.4 Å². The van der Waals surface area contributed by atoms with Gasteiger partial charge in [-0.2, -0.15) is 0 Å². The summed E-state index contributed by atoms with van der Waals surface area (Å²) < 4.78 is 44.8. The number of esters is 1. The lowest BCUT2D eigenvalue weighted by Gasteiger charge is -2.35. The number of piperazine rings is 1. The molecule has 0 radical (unpaired) electrons. The highest BCUT2D eigenvalue weighted by molar-refractivity contribution is 7.92. The highest BCUT2D eigenvalue weighted by atomic mass is 32.2. The lowest BCUT2D eigenvalue weighted by atomic mass is 10.2. The third-order valence-corrected chi connectivity index (χ3v) is 7.05. The van der Waals surface area contributed by atoms with Crippen LogP contribution < -0.4 is 9.62 Å². The summed E-state index contributed by atoms with van der Waals surface area (Å²) in [5, 5.41) is 0.578. The predicted octanol–water partition coefficient (Wildman–Crippen LogP) is 3.72. The lowest BCUT2D eigenvalue weighted by Crippen LogP contribution is -2.49. The summed E-state index contributed by atoms with van der Waals surface area (Å²) in [6, 6.07) is 9.15. The molecule has 198 valence electrons. The van der Waals surface area contributed by atoms with Crippen LogP contribution in [0.25, 0.3) is 11.0 Å². The summed E-state index contributed by atoms with van der Waals surface area (Å²) >= 11 is 0. The summed E-state index contributed by atoms with van der Waals surface area (Å²) in [4.78, 5) is 32.1. The first-order valence-corrected chi connectivity index (χ1v) is 13.5. The molecule has 0 unspecified atom stereocenters. The Hall–Kier alpha value is -3.80. The average molecular weight is 531 g/mol.